The van der Waals surface area contributed by atoms with Crippen LogP contribution in [0.15, 0.2) is 64.3 Å². The molecule has 2 aromatic carbocycles. The van der Waals surface area contributed by atoms with Gasteiger partial charge in [0.1, 0.15) is 11.6 Å². The van der Waals surface area contributed by atoms with Gasteiger partial charge in [-0.05, 0) is 79.6 Å². The molecule has 4 aromatic rings. The summed E-state index contributed by atoms with van der Waals surface area (Å²) in [6, 6.07) is 12.0. The number of halogens is 1. The van der Waals surface area contributed by atoms with Gasteiger partial charge in [0.05, 0.1) is 17.3 Å². The molecule has 0 bridgehead atoms. The van der Waals surface area contributed by atoms with Crippen LogP contribution in [0.2, 0.25) is 0 Å². The van der Waals surface area contributed by atoms with Crippen LogP contribution in [0.4, 0.5) is 4.39 Å². The highest BCUT2D eigenvalue weighted by atomic mass is 19.1. The fourth-order valence-corrected chi connectivity index (χ4v) is 4.61. The molecule has 1 radical (unpaired) electrons. The second-order valence-electron chi connectivity index (χ2n) is 8.35. The fraction of sp³-hybridized carbons (Fsp3) is 0.192. The molecule has 0 spiro atoms. The van der Waals surface area contributed by atoms with Crippen molar-refractivity contribution in [3.8, 4) is 22.6 Å². The first kappa shape index (κ1) is 21.8. The number of benzene rings is 2. The van der Waals surface area contributed by atoms with E-state index < -0.39 is 17.1 Å². The quantitative estimate of drug-likeness (QED) is 0.463. The number of aromatic hydroxyl groups is 1. The number of nitrogens with zero attached hydrogens (tertiary/aromatic N) is 3. The summed E-state index contributed by atoms with van der Waals surface area (Å²) in [7, 11) is 0. The van der Waals surface area contributed by atoms with Gasteiger partial charge in [-0.15, -0.1) is 0 Å². The van der Waals surface area contributed by atoms with Crippen LogP contribution in [0.5, 0.6) is 5.75 Å². The van der Waals surface area contributed by atoms with Gasteiger partial charge in [-0.3, -0.25) is 14.2 Å². The Bertz CT molecular complexity index is 1530. The number of aromatic nitrogens is 3. The third kappa shape index (κ3) is 3.71. The fourth-order valence-electron chi connectivity index (χ4n) is 4.61. The molecule has 0 amide bonds. The number of hydrogen-bond donors (Lipinski definition) is 1. The summed E-state index contributed by atoms with van der Waals surface area (Å²) in [6.45, 7) is 0. The minimum atomic E-state index is -0.664. The van der Waals surface area contributed by atoms with E-state index in [0.717, 1.165) is 25.1 Å². The van der Waals surface area contributed by atoms with Crippen molar-refractivity contribution in [3.63, 3.8) is 0 Å². The highest BCUT2D eigenvalue weighted by Crippen LogP contribution is 2.29. The average Bonchev–Trinajstić information content (AvgIpc) is 2.85. The molecule has 34 heavy (non-hydrogen) atoms. The maximum atomic E-state index is 14.1. The summed E-state index contributed by atoms with van der Waals surface area (Å²) in [5.41, 5.74) is 0.805. The first-order valence-electron chi connectivity index (χ1n) is 11.0. The lowest BCUT2D eigenvalue weighted by atomic mass is 9.95. The van der Waals surface area contributed by atoms with E-state index in [2.05, 4.69) is 11.4 Å². The van der Waals surface area contributed by atoms with Crippen LogP contribution in [0, 0.1) is 12.2 Å². The Hall–Kier alpha value is -4.07. The molecule has 2 aromatic heterocycles. The van der Waals surface area contributed by atoms with Crippen molar-refractivity contribution in [2.24, 2.45) is 0 Å². The van der Waals surface area contributed by atoms with E-state index in [1.165, 1.54) is 27.3 Å². The number of carbonyl (C=O) groups is 1. The molecule has 0 saturated heterocycles. The number of phenolic OH excluding ortho intramolecular Hbond substituents is 1. The molecule has 0 atom stereocenters. The van der Waals surface area contributed by atoms with E-state index in [9.17, 15) is 23.9 Å². The molecule has 0 unspecified atom stereocenters. The Labute approximate surface area is 193 Å². The topological polar surface area (TPSA) is 94.2 Å². The zero-order valence-corrected chi connectivity index (χ0v) is 18.1. The molecule has 1 fully saturated rings. The molecule has 1 aliphatic rings. The van der Waals surface area contributed by atoms with Crippen molar-refractivity contribution in [2.75, 3.05) is 0 Å². The lowest BCUT2D eigenvalue weighted by molar-refractivity contribution is 0.112. The Morgan fingerprint density at radius 2 is 1.85 bits per heavy atom. The van der Waals surface area contributed by atoms with Crippen LogP contribution in [-0.4, -0.2) is 25.5 Å². The van der Waals surface area contributed by atoms with E-state index in [4.69, 9.17) is 0 Å². The average molecular weight is 458 g/mol. The number of rotatable bonds is 4. The summed E-state index contributed by atoms with van der Waals surface area (Å²) in [6.07, 6.45) is 6.67. The number of pyridine rings is 1. The van der Waals surface area contributed by atoms with Crippen LogP contribution in [0.1, 0.15) is 42.1 Å². The van der Waals surface area contributed by atoms with Crippen molar-refractivity contribution >= 4 is 17.3 Å². The molecular formula is C26H21FN3O4. The molecule has 1 N–H and O–H groups in total. The normalized spacial score (nSPS) is 14.4. The van der Waals surface area contributed by atoms with Gasteiger partial charge in [0.25, 0.3) is 5.56 Å². The van der Waals surface area contributed by atoms with E-state index in [1.807, 2.05) is 0 Å². The number of aldehydes is 1. The van der Waals surface area contributed by atoms with Gasteiger partial charge < -0.3 is 5.11 Å². The Morgan fingerprint density at radius 1 is 1.06 bits per heavy atom. The van der Waals surface area contributed by atoms with Gasteiger partial charge >= 0.3 is 5.69 Å². The molecule has 2 heterocycles. The summed E-state index contributed by atoms with van der Waals surface area (Å²) in [5, 5.41) is 9.96. The predicted octanol–water partition coefficient (Wildman–Crippen LogP) is 4.19. The minimum Gasteiger partial charge on any atom is -0.508 e. The zero-order chi connectivity index (χ0) is 23.8. The number of carbonyl (C=O) groups excluding carboxylic acids is 1. The van der Waals surface area contributed by atoms with Crippen LogP contribution in [0.25, 0.3) is 27.8 Å². The van der Waals surface area contributed by atoms with Crippen molar-refractivity contribution < 1.29 is 14.3 Å². The molecule has 5 rings (SSSR count). The van der Waals surface area contributed by atoms with E-state index in [1.54, 1.807) is 24.3 Å². The summed E-state index contributed by atoms with van der Waals surface area (Å²) >= 11 is 0. The number of phenols is 1. The van der Waals surface area contributed by atoms with Crippen LogP contribution in [0.3, 0.4) is 0 Å². The van der Waals surface area contributed by atoms with E-state index in [0.29, 0.717) is 41.5 Å². The Kier molecular flexibility index (Phi) is 5.57. The summed E-state index contributed by atoms with van der Waals surface area (Å²) in [4.78, 5) is 42.6. The van der Waals surface area contributed by atoms with E-state index >= 15 is 0 Å². The number of fused-ring (bicyclic) bond motifs is 1. The summed E-state index contributed by atoms with van der Waals surface area (Å²) in [5.74, 6) is -0.670. The predicted molar refractivity (Wildman–Crippen MR) is 126 cm³/mol. The van der Waals surface area contributed by atoms with Crippen LogP contribution in [-0.2, 0) is 0 Å². The summed E-state index contributed by atoms with van der Waals surface area (Å²) < 4.78 is 16.6. The molecule has 171 valence electrons. The lowest BCUT2D eigenvalue weighted by Gasteiger charge is -2.24. The van der Waals surface area contributed by atoms with Crippen molar-refractivity contribution in [3.05, 3.63) is 93.4 Å². The first-order valence-corrected chi connectivity index (χ1v) is 11.0. The minimum absolute atomic E-state index is 0.00610. The molecule has 7 nitrogen and oxygen atoms in total. The van der Waals surface area contributed by atoms with Gasteiger partial charge in [0.15, 0.2) is 11.9 Å². The molecule has 1 aliphatic carbocycles. The molecule has 8 heteroatoms. The Morgan fingerprint density at radius 3 is 2.62 bits per heavy atom. The molecular weight excluding hydrogens is 437 g/mol. The molecule has 0 aliphatic heterocycles. The maximum absolute atomic E-state index is 14.1. The maximum Gasteiger partial charge on any atom is 0.337 e. The van der Waals surface area contributed by atoms with Crippen LogP contribution >= 0.6 is 0 Å². The van der Waals surface area contributed by atoms with Crippen molar-refractivity contribution in [1.82, 2.24) is 14.1 Å². The smallest absolute Gasteiger partial charge is 0.337 e. The molecule has 1 saturated carbocycles. The van der Waals surface area contributed by atoms with Gasteiger partial charge in [0.2, 0.25) is 0 Å². The SMILES string of the molecule is O=Cc1ccc(O)cc1-c1cccc(-n2c(=O)n(C3CC[CH]CC3)c(=O)c3cc(F)cnc32)c1. The van der Waals surface area contributed by atoms with Crippen LogP contribution < -0.4 is 11.2 Å². The van der Waals surface area contributed by atoms with Gasteiger partial charge in [-0.2, -0.15) is 0 Å². The van der Waals surface area contributed by atoms with Crippen molar-refractivity contribution in [2.45, 2.75) is 31.7 Å². The highest BCUT2D eigenvalue weighted by Gasteiger charge is 2.24. The van der Waals surface area contributed by atoms with Gasteiger partial charge in [-0.25, -0.2) is 18.7 Å². The zero-order valence-electron chi connectivity index (χ0n) is 18.1. The monoisotopic (exact) mass is 458 g/mol. The first-order chi connectivity index (χ1) is 16.5. The van der Waals surface area contributed by atoms with Gasteiger partial charge in [-0.1, -0.05) is 12.1 Å². The largest absolute Gasteiger partial charge is 0.508 e. The third-order valence-corrected chi connectivity index (χ3v) is 6.24. The highest BCUT2D eigenvalue weighted by molar-refractivity contribution is 5.88. The van der Waals surface area contributed by atoms with E-state index in [-0.39, 0.29) is 22.8 Å². The second kappa shape index (κ2) is 8.70. The standard InChI is InChI=1S/C26H21FN3O4/c27-18-12-23-24(28-14-18)29(26(34)30(25(23)33)19-6-2-1-3-7-19)20-8-4-5-16(11-20)22-13-21(32)10-9-17(22)15-31/h1,4-5,8-15,19,32H,2-3,6-7H2. The number of hydrogen-bond acceptors (Lipinski definition) is 5. The Balaban J connectivity index is 1.79. The second-order valence-corrected chi connectivity index (χ2v) is 8.35. The van der Waals surface area contributed by atoms with Crippen molar-refractivity contribution in [1.29, 1.82) is 0 Å². The lowest BCUT2D eigenvalue weighted by Crippen LogP contribution is -2.42. The third-order valence-electron chi connectivity index (χ3n) is 6.24. The van der Waals surface area contributed by atoms with Gasteiger partial charge in [0, 0.05) is 11.6 Å².